The number of alkyl carbamates (subject to hydrolysis) is 1. The van der Waals surface area contributed by atoms with Gasteiger partial charge in [-0.15, -0.1) is 0 Å². The van der Waals surface area contributed by atoms with Gasteiger partial charge in [-0.2, -0.15) is 0 Å². The number of aromatic nitrogens is 1. The van der Waals surface area contributed by atoms with Crippen LogP contribution in [0.25, 0.3) is 10.9 Å². The number of methoxy groups -OCH3 is 1. The van der Waals surface area contributed by atoms with E-state index in [1.165, 1.54) is 7.11 Å². The number of benzene rings is 1. The van der Waals surface area contributed by atoms with Crippen LogP contribution in [-0.2, 0) is 20.8 Å². The molecule has 2 rings (SSSR count). The largest absolute Gasteiger partial charge is 0.468 e. The summed E-state index contributed by atoms with van der Waals surface area (Å²) < 4.78 is 9.99. The molecule has 0 aliphatic carbocycles. The number of hydrogen-bond acceptors (Lipinski definition) is 6. The molecule has 1 unspecified atom stereocenters. The monoisotopic (exact) mass is 359 g/mol. The van der Waals surface area contributed by atoms with Crippen LogP contribution in [-0.4, -0.2) is 42.3 Å². The van der Waals surface area contributed by atoms with E-state index in [4.69, 9.17) is 9.47 Å². The highest BCUT2D eigenvalue weighted by Crippen LogP contribution is 2.15. The summed E-state index contributed by atoms with van der Waals surface area (Å²) in [7, 11) is 1.31. The summed E-state index contributed by atoms with van der Waals surface area (Å²) in [5, 5.41) is 6.72. The van der Waals surface area contributed by atoms with Crippen molar-refractivity contribution in [2.45, 2.75) is 39.0 Å². The molecule has 0 spiro atoms. The molecule has 0 fully saturated rings. The molecule has 0 saturated heterocycles. The van der Waals surface area contributed by atoms with Crippen LogP contribution in [0.4, 0.5) is 4.79 Å². The normalized spacial score (nSPS) is 12.5. The SMILES string of the molecule is COC(=O)C(CNC(=O)OC(C)(C)C)NCc1cccc2cccnc12. The van der Waals surface area contributed by atoms with E-state index in [1.54, 1.807) is 27.0 Å². The van der Waals surface area contributed by atoms with Crippen molar-refractivity contribution in [1.82, 2.24) is 15.6 Å². The van der Waals surface area contributed by atoms with Crippen molar-refractivity contribution in [3.05, 3.63) is 42.1 Å². The zero-order valence-corrected chi connectivity index (χ0v) is 15.5. The molecule has 26 heavy (non-hydrogen) atoms. The van der Waals surface area contributed by atoms with E-state index in [-0.39, 0.29) is 6.54 Å². The van der Waals surface area contributed by atoms with E-state index in [2.05, 4.69) is 15.6 Å². The van der Waals surface area contributed by atoms with Crippen molar-refractivity contribution in [3.8, 4) is 0 Å². The fourth-order valence-electron chi connectivity index (χ4n) is 2.42. The third kappa shape index (κ3) is 5.70. The first kappa shape index (κ1) is 19.7. The van der Waals surface area contributed by atoms with Gasteiger partial charge < -0.3 is 14.8 Å². The van der Waals surface area contributed by atoms with Gasteiger partial charge in [-0.1, -0.05) is 24.3 Å². The van der Waals surface area contributed by atoms with Crippen molar-refractivity contribution in [2.75, 3.05) is 13.7 Å². The summed E-state index contributed by atoms with van der Waals surface area (Å²) in [6.07, 6.45) is 1.15. The Kier molecular flexibility index (Phi) is 6.52. The van der Waals surface area contributed by atoms with Crippen molar-refractivity contribution in [3.63, 3.8) is 0 Å². The molecule has 2 aromatic rings. The fourth-order valence-corrected chi connectivity index (χ4v) is 2.42. The van der Waals surface area contributed by atoms with Gasteiger partial charge in [0.1, 0.15) is 11.6 Å². The van der Waals surface area contributed by atoms with Crippen LogP contribution >= 0.6 is 0 Å². The number of fused-ring (bicyclic) bond motifs is 1. The van der Waals surface area contributed by atoms with Crippen LogP contribution in [0.3, 0.4) is 0 Å². The van der Waals surface area contributed by atoms with E-state index in [0.717, 1.165) is 16.5 Å². The first-order valence-corrected chi connectivity index (χ1v) is 8.41. The Morgan fingerprint density at radius 2 is 1.92 bits per heavy atom. The van der Waals surface area contributed by atoms with Crippen LogP contribution in [0.5, 0.6) is 0 Å². The van der Waals surface area contributed by atoms with Crippen molar-refractivity contribution in [2.24, 2.45) is 0 Å². The van der Waals surface area contributed by atoms with E-state index in [0.29, 0.717) is 6.54 Å². The molecule has 2 N–H and O–H groups in total. The molecule has 1 atom stereocenters. The molecule has 140 valence electrons. The number of carbonyl (C=O) groups is 2. The summed E-state index contributed by atoms with van der Waals surface area (Å²) in [4.78, 5) is 28.2. The predicted molar refractivity (Wildman–Crippen MR) is 98.6 cm³/mol. The Balaban J connectivity index is 2.01. The highest BCUT2D eigenvalue weighted by Gasteiger charge is 2.22. The average molecular weight is 359 g/mol. The Bertz CT molecular complexity index is 765. The topological polar surface area (TPSA) is 89.5 Å². The second-order valence-electron chi connectivity index (χ2n) is 6.83. The number of hydrogen-bond donors (Lipinski definition) is 2. The van der Waals surface area contributed by atoms with Gasteiger partial charge in [-0.05, 0) is 32.4 Å². The molecular weight excluding hydrogens is 334 g/mol. The summed E-state index contributed by atoms with van der Waals surface area (Å²) in [5.41, 5.74) is 1.22. The number of ether oxygens (including phenoxy) is 2. The predicted octanol–water partition coefficient (Wildman–Crippen LogP) is 2.39. The Labute approximate surface area is 153 Å². The van der Waals surface area contributed by atoms with Gasteiger partial charge in [0, 0.05) is 24.7 Å². The molecule has 1 amide bonds. The van der Waals surface area contributed by atoms with Gasteiger partial charge in [0.2, 0.25) is 0 Å². The minimum atomic E-state index is -0.702. The van der Waals surface area contributed by atoms with Gasteiger partial charge in [0.05, 0.1) is 12.6 Å². The molecular formula is C19H25N3O4. The molecule has 1 heterocycles. The number of esters is 1. The van der Waals surface area contributed by atoms with E-state index < -0.39 is 23.7 Å². The lowest BCUT2D eigenvalue weighted by atomic mass is 10.1. The molecule has 7 nitrogen and oxygen atoms in total. The van der Waals surface area contributed by atoms with Gasteiger partial charge in [0.25, 0.3) is 0 Å². The highest BCUT2D eigenvalue weighted by molar-refractivity contribution is 5.81. The first-order valence-electron chi connectivity index (χ1n) is 8.41. The Hall–Kier alpha value is -2.67. The second-order valence-corrected chi connectivity index (χ2v) is 6.83. The second kappa shape index (κ2) is 8.62. The van der Waals surface area contributed by atoms with Gasteiger partial charge in [-0.25, -0.2) is 4.79 Å². The van der Waals surface area contributed by atoms with Crippen LogP contribution in [0.1, 0.15) is 26.3 Å². The van der Waals surface area contributed by atoms with Gasteiger partial charge in [0.15, 0.2) is 0 Å². The summed E-state index contributed by atoms with van der Waals surface area (Å²) in [6, 6.07) is 9.01. The molecule has 1 aromatic heterocycles. The van der Waals surface area contributed by atoms with E-state index in [9.17, 15) is 9.59 Å². The quantitative estimate of drug-likeness (QED) is 0.770. The smallest absolute Gasteiger partial charge is 0.407 e. The average Bonchev–Trinajstić information content (AvgIpc) is 2.59. The van der Waals surface area contributed by atoms with Crippen LogP contribution < -0.4 is 10.6 Å². The number of amides is 1. The molecule has 0 aliphatic rings. The molecule has 7 heteroatoms. The third-order valence-electron chi connectivity index (χ3n) is 3.59. The van der Waals surface area contributed by atoms with E-state index in [1.807, 2.05) is 30.3 Å². The zero-order chi connectivity index (χ0) is 19.2. The number of carbonyl (C=O) groups excluding carboxylic acids is 2. The summed E-state index contributed by atoms with van der Waals surface area (Å²) in [6.45, 7) is 5.78. The maximum atomic E-state index is 12.0. The third-order valence-corrected chi connectivity index (χ3v) is 3.59. The molecule has 0 radical (unpaired) electrons. The Morgan fingerprint density at radius 1 is 1.19 bits per heavy atom. The van der Waals surface area contributed by atoms with Crippen LogP contribution in [0.15, 0.2) is 36.5 Å². The molecule has 1 aromatic carbocycles. The number of pyridine rings is 1. The zero-order valence-electron chi connectivity index (χ0n) is 15.5. The Morgan fingerprint density at radius 3 is 2.62 bits per heavy atom. The molecule has 0 saturated carbocycles. The highest BCUT2D eigenvalue weighted by atomic mass is 16.6. The standard InChI is InChI=1S/C19H25N3O4/c1-19(2,3)26-18(24)22-12-15(17(23)25-4)21-11-14-8-5-7-13-9-6-10-20-16(13)14/h5-10,15,21H,11-12H2,1-4H3,(H,22,24). The van der Waals surface area contributed by atoms with Crippen molar-refractivity contribution >= 4 is 23.0 Å². The van der Waals surface area contributed by atoms with Gasteiger partial charge in [-0.3, -0.25) is 15.1 Å². The number of rotatable bonds is 6. The maximum Gasteiger partial charge on any atom is 0.407 e. The van der Waals surface area contributed by atoms with Crippen molar-refractivity contribution in [1.29, 1.82) is 0 Å². The lowest BCUT2D eigenvalue weighted by Crippen LogP contribution is -2.47. The van der Waals surface area contributed by atoms with Crippen molar-refractivity contribution < 1.29 is 19.1 Å². The molecule has 0 aliphatic heterocycles. The first-order chi connectivity index (χ1) is 12.3. The summed E-state index contributed by atoms with van der Waals surface area (Å²) in [5.74, 6) is -0.464. The number of nitrogens with zero attached hydrogens (tertiary/aromatic N) is 1. The van der Waals surface area contributed by atoms with Crippen LogP contribution in [0, 0.1) is 0 Å². The lowest BCUT2D eigenvalue weighted by Gasteiger charge is -2.22. The lowest BCUT2D eigenvalue weighted by molar-refractivity contribution is -0.143. The number of nitrogens with one attached hydrogen (secondary N) is 2. The van der Waals surface area contributed by atoms with Gasteiger partial charge >= 0.3 is 12.1 Å². The summed E-state index contributed by atoms with van der Waals surface area (Å²) >= 11 is 0. The maximum absolute atomic E-state index is 12.0. The minimum absolute atomic E-state index is 0.0553. The number of para-hydroxylation sites is 1. The van der Waals surface area contributed by atoms with Crippen LogP contribution in [0.2, 0.25) is 0 Å². The fraction of sp³-hybridized carbons (Fsp3) is 0.421. The molecule has 0 bridgehead atoms. The van der Waals surface area contributed by atoms with E-state index >= 15 is 0 Å². The minimum Gasteiger partial charge on any atom is -0.468 e.